The van der Waals surface area contributed by atoms with E-state index in [-0.39, 0.29) is 5.96 Å². The summed E-state index contributed by atoms with van der Waals surface area (Å²) < 4.78 is 1.98. The molecule has 30 heavy (non-hydrogen) atoms. The van der Waals surface area contributed by atoms with Crippen LogP contribution in [0.15, 0.2) is 59.4 Å². The van der Waals surface area contributed by atoms with Gasteiger partial charge in [-0.3, -0.25) is 4.40 Å². The molecule has 152 valence electrons. The number of aromatic nitrogens is 4. The normalized spacial score (nSPS) is 10.7. The average molecular weight is 421 g/mol. The number of carbonyl (C=O) groups is 1. The minimum Gasteiger partial charge on any atom is -0.370 e. The Labute approximate surface area is 175 Å². The van der Waals surface area contributed by atoms with Crippen molar-refractivity contribution in [2.45, 2.75) is 13.1 Å². The zero-order valence-electron chi connectivity index (χ0n) is 15.8. The van der Waals surface area contributed by atoms with Gasteiger partial charge in [-0.1, -0.05) is 18.2 Å². The molecule has 11 heteroatoms. The van der Waals surface area contributed by atoms with Crippen molar-refractivity contribution in [3.63, 3.8) is 0 Å². The van der Waals surface area contributed by atoms with Gasteiger partial charge in [0.15, 0.2) is 10.9 Å². The van der Waals surface area contributed by atoms with E-state index in [1.807, 2.05) is 46.4 Å². The zero-order valence-corrected chi connectivity index (χ0v) is 16.6. The van der Waals surface area contributed by atoms with Crippen LogP contribution in [-0.4, -0.2) is 31.3 Å². The number of anilines is 1. The van der Waals surface area contributed by atoms with Crippen LogP contribution in [0.25, 0.3) is 16.1 Å². The number of benzene rings is 1. The molecule has 0 aliphatic heterocycles. The molecule has 3 heterocycles. The van der Waals surface area contributed by atoms with E-state index in [2.05, 4.69) is 30.6 Å². The van der Waals surface area contributed by atoms with Crippen molar-refractivity contribution in [3.8, 4) is 11.1 Å². The average Bonchev–Trinajstić information content (AvgIpc) is 3.33. The lowest BCUT2D eigenvalue weighted by Crippen LogP contribution is -2.28. The predicted molar refractivity (Wildman–Crippen MR) is 116 cm³/mol. The highest BCUT2D eigenvalue weighted by molar-refractivity contribution is 7.15. The maximum absolute atomic E-state index is 11.5. The Kier molecular flexibility index (Phi) is 5.52. The minimum absolute atomic E-state index is 0.278. The van der Waals surface area contributed by atoms with Gasteiger partial charge in [-0.25, -0.2) is 19.7 Å². The number of aliphatic imine (C=N–C) groups is 1. The molecule has 0 unspecified atom stereocenters. The standard InChI is InChI=1S/C19H19N9OS/c20-16(21)27-18(29)25-7-12-2-1-3-13(6-12)14-8-22-17(23-9-14)24-10-15-11-28-4-5-30-19(28)26-15/h1-6,8-9,11H,7,10H2,(H,22,23,24)(H5,20,21,25,27,29). The molecule has 0 aliphatic carbocycles. The van der Waals surface area contributed by atoms with Gasteiger partial charge in [-0.2, -0.15) is 4.99 Å². The van der Waals surface area contributed by atoms with Crippen molar-refractivity contribution in [2.75, 3.05) is 5.32 Å². The number of urea groups is 1. The number of amides is 2. The molecular weight excluding hydrogens is 402 g/mol. The Morgan fingerprint density at radius 3 is 2.77 bits per heavy atom. The molecule has 0 saturated heterocycles. The number of rotatable bonds is 6. The fourth-order valence-corrected chi connectivity index (χ4v) is 3.51. The topological polar surface area (TPSA) is 149 Å². The third-order valence-electron chi connectivity index (χ3n) is 4.16. The van der Waals surface area contributed by atoms with E-state index in [1.165, 1.54) is 0 Å². The number of nitrogens with zero attached hydrogens (tertiary/aromatic N) is 5. The smallest absolute Gasteiger partial charge is 0.344 e. The lowest BCUT2D eigenvalue weighted by Gasteiger charge is -2.07. The molecule has 4 rings (SSSR count). The molecule has 0 spiro atoms. The second-order valence-corrected chi connectivity index (χ2v) is 7.24. The van der Waals surface area contributed by atoms with Gasteiger partial charge >= 0.3 is 6.03 Å². The Balaban J connectivity index is 1.37. The van der Waals surface area contributed by atoms with Gasteiger partial charge in [-0.05, 0) is 17.2 Å². The van der Waals surface area contributed by atoms with Gasteiger partial charge in [-0.15, -0.1) is 11.3 Å². The Morgan fingerprint density at radius 1 is 1.17 bits per heavy atom. The molecule has 0 saturated carbocycles. The summed E-state index contributed by atoms with van der Waals surface area (Å²) in [5, 5.41) is 7.79. The summed E-state index contributed by atoms with van der Waals surface area (Å²) in [7, 11) is 0. The Hall–Kier alpha value is -3.99. The number of carbonyl (C=O) groups excluding carboxylic acids is 1. The van der Waals surface area contributed by atoms with Crippen LogP contribution in [0.2, 0.25) is 0 Å². The maximum Gasteiger partial charge on any atom is 0.344 e. The summed E-state index contributed by atoms with van der Waals surface area (Å²) in [5.74, 6) is 0.246. The highest BCUT2D eigenvalue weighted by Gasteiger charge is 2.06. The van der Waals surface area contributed by atoms with Crippen molar-refractivity contribution in [3.05, 3.63) is 65.7 Å². The van der Waals surface area contributed by atoms with E-state index in [1.54, 1.807) is 23.7 Å². The Bertz CT molecular complexity index is 1160. The van der Waals surface area contributed by atoms with Gasteiger partial charge in [0.05, 0.1) is 12.2 Å². The molecule has 0 bridgehead atoms. The number of guanidine groups is 1. The zero-order chi connectivity index (χ0) is 20.9. The molecule has 10 nitrogen and oxygen atoms in total. The van der Waals surface area contributed by atoms with Crippen LogP contribution in [-0.2, 0) is 13.1 Å². The molecule has 2 amide bonds. The van der Waals surface area contributed by atoms with Gasteiger partial charge < -0.3 is 22.1 Å². The fourth-order valence-electron chi connectivity index (χ4n) is 2.79. The summed E-state index contributed by atoms with van der Waals surface area (Å²) in [6.45, 7) is 0.838. The lowest BCUT2D eigenvalue weighted by molar-refractivity contribution is 0.249. The number of nitrogens with two attached hydrogens (primary N) is 2. The number of fused-ring (bicyclic) bond motifs is 1. The van der Waals surface area contributed by atoms with Crippen LogP contribution in [0, 0.1) is 0 Å². The first-order valence-electron chi connectivity index (χ1n) is 9.00. The SMILES string of the molecule is NC(N)=NC(=O)NCc1cccc(-c2cnc(NCc3cn4ccsc4n3)nc2)c1. The highest BCUT2D eigenvalue weighted by atomic mass is 32.1. The quantitative estimate of drug-likeness (QED) is 0.275. The van der Waals surface area contributed by atoms with Crippen LogP contribution in [0.1, 0.15) is 11.3 Å². The van der Waals surface area contributed by atoms with Crippen molar-refractivity contribution in [2.24, 2.45) is 16.5 Å². The first-order chi connectivity index (χ1) is 14.6. The minimum atomic E-state index is -0.586. The monoisotopic (exact) mass is 421 g/mol. The number of hydrogen-bond acceptors (Lipinski definition) is 6. The molecule has 0 fully saturated rings. The van der Waals surface area contributed by atoms with Gasteiger partial charge in [0.2, 0.25) is 5.95 Å². The molecule has 1 aromatic carbocycles. The molecule has 4 aromatic rings. The van der Waals surface area contributed by atoms with Crippen LogP contribution < -0.4 is 22.1 Å². The van der Waals surface area contributed by atoms with Crippen molar-refractivity contribution in [1.29, 1.82) is 0 Å². The predicted octanol–water partition coefficient (Wildman–Crippen LogP) is 1.95. The second-order valence-electron chi connectivity index (χ2n) is 6.37. The first kappa shape index (κ1) is 19.3. The van der Waals surface area contributed by atoms with Crippen LogP contribution in [0.5, 0.6) is 0 Å². The van der Waals surface area contributed by atoms with E-state index in [4.69, 9.17) is 11.5 Å². The number of hydrogen-bond donors (Lipinski definition) is 4. The number of nitrogens with one attached hydrogen (secondary N) is 2. The van der Waals surface area contributed by atoms with Gasteiger partial charge in [0, 0.05) is 42.3 Å². The van der Waals surface area contributed by atoms with Crippen LogP contribution in [0.3, 0.4) is 0 Å². The lowest BCUT2D eigenvalue weighted by atomic mass is 10.1. The van der Waals surface area contributed by atoms with Crippen LogP contribution in [0.4, 0.5) is 10.7 Å². The largest absolute Gasteiger partial charge is 0.370 e. The summed E-state index contributed by atoms with van der Waals surface area (Å²) in [5.41, 5.74) is 14.0. The van der Waals surface area contributed by atoms with Crippen LogP contribution >= 0.6 is 11.3 Å². The van der Waals surface area contributed by atoms with Gasteiger partial charge in [0.25, 0.3) is 0 Å². The summed E-state index contributed by atoms with van der Waals surface area (Å²) >= 11 is 1.59. The van der Waals surface area contributed by atoms with E-state index < -0.39 is 6.03 Å². The van der Waals surface area contributed by atoms with Gasteiger partial charge in [0.1, 0.15) is 0 Å². The second kappa shape index (κ2) is 8.57. The third-order valence-corrected chi connectivity index (χ3v) is 4.93. The number of imidazole rings is 1. The molecule has 0 radical (unpaired) electrons. The molecule has 6 N–H and O–H groups in total. The van der Waals surface area contributed by atoms with E-state index in [0.717, 1.165) is 27.3 Å². The first-order valence-corrected chi connectivity index (χ1v) is 9.88. The van der Waals surface area contributed by atoms with Crippen molar-refractivity contribution in [1.82, 2.24) is 24.7 Å². The summed E-state index contributed by atoms with van der Waals surface area (Å²) in [6.07, 6.45) is 7.45. The molecular formula is C19H19N9OS. The third kappa shape index (κ3) is 4.70. The molecule has 3 aromatic heterocycles. The number of thiazole rings is 1. The fraction of sp³-hybridized carbons (Fsp3) is 0.105. The Morgan fingerprint density at radius 2 is 2.00 bits per heavy atom. The van der Waals surface area contributed by atoms with E-state index in [9.17, 15) is 4.79 Å². The molecule has 0 aliphatic rings. The van der Waals surface area contributed by atoms with E-state index in [0.29, 0.717) is 19.0 Å². The van der Waals surface area contributed by atoms with E-state index >= 15 is 0 Å². The van der Waals surface area contributed by atoms with Crippen molar-refractivity contribution < 1.29 is 4.79 Å². The summed E-state index contributed by atoms with van der Waals surface area (Å²) in [6, 6.07) is 7.10. The highest BCUT2D eigenvalue weighted by Crippen LogP contribution is 2.20. The maximum atomic E-state index is 11.5. The molecule has 0 atom stereocenters. The van der Waals surface area contributed by atoms with Crippen molar-refractivity contribution >= 4 is 34.2 Å². The summed E-state index contributed by atoms with van der Waals surface area (Å²) in [4.78, 5) is 29.2.